The molecule has 24 heavy (non-hydrogen) atoms. The molecule has 8 heteroatoms. The monoisotopic (exact) mass is 349 g/mol. The molecule has 1 heterocycles. The Bertz CT molecular complexity index is 933. The molecule has 0 bridgehead atoms. The number of hydrogen-bond acceptors (Lipinski definition) is 4. The van der Waals surface area contributed by atoms with Crippen molar-refractivity contribution >= 4 is 27.3 Å². The number of nitrogens with one attached hydrogen (secondary N) is 2. The molecule has 0 unspecified atom stereocenters. The summed E-state index contributed by atoms with van der Waals surface area (Å²) in [4.78, 5) is 23.7. The Morgan fingerprint density at radius 1 is 1.21 bits per heavy atom. The van der Waals surface area contributed by atoms with Gasteiger partial charge in [0.1, 0.15) is 5.69 Å². The van der Waals surface area contributed by atoms with Crippen LogP contribution in [-0.2, 0) is 21.9 Å². The van der Waals surface area contributed by atoms with E-state index in [4.69, 9.17) is 0 Å². The van der Waals surface area contributed by atoms with Crippen LogP contribution in [0.15, 0.2) is 41.3 Å². The largest absolute Gasteiger partial charge is 0.321 e. The number of sulfonamides is 1. The van der Waals surface area contributed by atoms with E-state index >= 15 is 0 Å². The van der Waals surface area contributed by atoms with Crippen molar-refractivity contribution in [3.8, 4) is 11.1 Å². The third kappa shape index (κ3) is 4.45. The smallest absolute Gasteiger partial charge is 0.274 e. The minimum Gasteiger partial charge on any atom is -0.321 e. The van der Waals surface area contributed by atoms with Crippen molar-refractivity contribution in [2.24, 2.45) is 7.05 Å². The number of aryl methyl sites for hydroxylation is 1. The summed E-state index contributed by atoms with van der Waals surface area (Å²) in [6.07, 6.45) is 2.97. The Morgan fingerprint density at radius 3 is 2.54 bits per heavy atom. The van der Waals surface area contributed by atoms with Crippen molar-refractivity contribution in [1.82, 2.24) is 4.57 Å². The summed E-state index contributed by atoms with van der Waals surface area (Å²) >= 11 is 0. The van der Waals surface area contributed by atoms with Crippen molar-refractivity contribution in [2.75, 3.05) is 16.3 Å². The molecule has 0 saturated carbocycles. The van der Waals surface area contributed by atoms with E-state index in [1.807, 2.05) is 0 Å². The van der Waals surface area contributed by atoms with E-state index in [0.717, 1.165) is 6.26 Å². The Balaban J connectivity index is 2.47. The van der Waals surface area contributed by atoms with Crippen LogP contribution in [0.5, 0.6) is 0 Å². The highest BCUT2D eigenvalue weighted by molar-refractivity contribution is 7.92. The predicted octanol–water partition coefficient (Wildman–Crippen LogP) is 1.77. The molecular formula is C16H19N3O4S. The van der Waals surface area contributed by atoms with Gasteiger partial charge in [-0.25, -0.2) is 8.42 Å². The van der Waals surface area contributed by atoms with Gasteiger partial charge in [-0.1, -0.05) is 19.1 Å². The van der Waals surface area contributed by atoms with E-state index in [1.165, 1.54) is 4.57 Å². The van der Waals surface area contributed by atoms with E-state index in [1.54, 1.807) is 50.5 Å². The van der Waals surface area contributed by atoms with Crippen LogP contribution < -0.4 is 15.6 Å². The molecule has 0 saturated heterocycles. The van der Waals surface area contributed by atoms with Crippen LogP contribution in [-0.4, -0.2) is 25.1 Å². The molecule has 0 fully saturated rings. The second-order valence-corrected chi connectivity index (χ2v) is 7.16. The first kappa shape index (κ1) is 17.7. The van der Waals surface area contributed by atoms with Gasteiger partial charge in [0.15, 0.2) is 0 Å². The number of benzene rings is 1. The SMILES string of the molecule is CCC(=O)Nc1cc(-c2cccc(NS(C)(=O)=O)c2)cn(C)c1=O. The van der Waals surface area contributed by atoms with E-state index < -0.39 is 10.0 Å². The van der Waals surface area contributed by atoms with Crippen LogP contribution in [0.4, 0.5) is 11.4 Å². The van der Waals surface area contributed by atoms with Crippen molar-refractivity contribution in [3.05, 3.63) is 46.9 Å². The number of carbonyl (C=O) groups excluding carboxylic acids is 1. The Labute approximate surface area is 140 Å². The Kier molecular flexibility index (Phi) is 5.08. The van der Waals surface area contributed by atoms with Gasteiger partial charge in [0.05, 0.1) is 6.26 Å². The molecule has 2 N–H and O–H groups in total. The summed E-state index contributed by atoms with van der Waals surface area (Å²) in [5, 5.41) is 2.58. The molecule has 1 aromatic heterocycles. The third-order valence-electron chi connectivity index (χ3n) is 3.28. The molecule has 0 aliphatic heterocycles. The Hall–Kier alpha value is -2.61. The fourth-order valence-electron chi connectivity index (χ4n) is 2.17. The van der Waals surface area contributed by atoms with E-state index in [9.17, 15) is 18.0 Å². The standard InChI is InChI=1S/C16H19N3O4S/c1-4-15(20)17-14-9-12(10-19(2)16(14)21)11-6-5-7-13(8-11)18-24(3,22)23/h5-10,18H,4H2,1-3H3,(H,17,20). The van der Waals surface area contributed by atoms with Crippen molar-refractivity contribution in [2.45, 2.75) is 13.3 Å². The van der Waals surface area contributed by atoms with Crippen molar-refractivity contribution in [1.29, 1.82) is 0 Å². The summed E-state index contributed by atoms with van der Waals surface area (Å²) in [6.45, 7) is 1.70. The summed E-state index contributed by atoms with van der Waals surface area (Å²) < 4.78 is 26.5. The van der Waals surface area contributed by atoms with Gasteiger partial charge in [0.2, 0.25) is 15.9 Å². The molecule has 0 aliphatic carbocycles. The maximum atomic E-state index is 12.1. The lowest BCUT2D eigenvalue weighted by Crippen LogP contribution is -2.23. The topological polar surface area (TPSA) is 97.3 Å². The van der Waals surface area contributed by atoms with Gasteiger partial charge >= 0.3 is 0 Å². The van der Waals surface area contributed by atoms with E-state index in [2.05, 4.69) is 10.0 Å². The molecule has 0 atom stereocenters. The first-order valence-electron chi connectivity index (χ1n) is 7.28. The number of nitrogens with zero attached hydrogens (tertiary/aromatic N) is 1. The lowest BCUT2D eigenvalue weighted by atomic mass is 10.1. The number of anilines is 2. The van der Waals surface area contributed by atoms with Gasteiger partial charge in [-0.2, -0.15) is 0 Å². The highest BCUT2D eigenvalue weighted by atomic mass is 32.2. The Morgan fingerprint density at radius 2 is 1.92 bits per heavy atom. The van der Waals surface area contributed by atoms with Crippen molar-refractivity contribution < 1.29 is 13.2 Å². The number of hydrogen-bond donors (Lipinski definition) is 2. The number of amides is 1. The number of rotatable bonds is 5. The maximum Gasteiger partial charge on any atom is 0.274 e. The summed E-state index contributed by atoms with van der Waals surface area (Å²) in [6, 6.07) is 8.37. The first-order valence-corrected chi connectivity index (χ1v) is 9.17. The summed E-state index contributed by atoms with van der Waals surface area (Å²) in [7, 11) is -1.79. The van der Waals surface area contributed by atoms with Crippen molar-refractivity contribution in [3.63, 3.8) is 0 Å². The molecule has 0 spiro atoms. The molecule has 0 aliphatic rings. The van der Waals surface area contributed by atoms with Gasteiger partial charge in [-0.05, 0) is 23.8 Å². The second-order valence-electron chi connectivity index (χ2n) is 5.42. The minimum atomic E-state index is -3.38. The minimum absolute atomic E-state index is 0.184. The average Bonchev–Trinajstić information content (AvgIpc) is 2.50. The zero-order chi connectivity index (χ0) is 17.9. The zero-order valence-electron chi connectivity index (χ0n) is 13.7. The highest BCUT2D eigenvalue weighted by Gasteiger charge is 2.10. The van der Waals surface area contributed by atoms with Crippen LogP contribution in [0.25, 0.3) is 11.1 Å². The molecule has 7 nitrogen and oxygen atoms in total. The normalized spacial score (nSPS) is 11.1. The van der Waals surface area contributed by atoms with Gasteiger partial charge in [-0.15, -0.1) is 0 Å². The van der Waals surface area contributed by atoms with Gasteiger partial charge < -0.3 is 9.88 Å². The molecule has 2 aromatic rings. The predicted molar refractivity (Wildman–Crippen MR) is 94.5 cm³/mol. The summed E-state index contributed by atoms with van der Waals surface area (Å²) in [5.74, 6) is -0.253. The zero-order valence-corrected chi connectivity index (χ0v) is 14.5. The van der Waals surface area contributed by atoms with Crippen LogP contribution in [0.2, 0.25) is 0 Å². The molecular weight excluding hydrogens is 330 g/mol. The molecule has 0 radical (unpaired) electrons. The molecule has 1 aromatic carbocycles. The fraction of sp³-hybridized carbons (Fsp3) is 0.250. The first-order chi connectivity index (χ1) is 11.2. The lowest BCUT2D eigenvalue weighted by Gasteiger charge is -2.11. The van der Waals surface area contributed by atoms with Crippen LogP contribution in [0, 0.1) is 0 Å². The van der Waals surface area contributed by atoms with E-state index in [-0.39, 0.29) is 23.6 Å². The van der Waals surface area contributed by atoms with E-state index in [0.29, 0.717) is 16.8 Å². The number of carbonyl (C=O) groups is 1. The highest BCUT2D eigenvalue weighted by Crippen LogP contribution is 2.24. The quantitative estimate of drug-likeness (QED) is 0.860. The lowest BCUT2D eigenvalue weighted by molar-refractivity contribution is -0.115. The molecule has 128 valence electrons. The van der Waals surface area contributed by atoms with Crippen LogP contribution in [0.3, 0.4) is 0 Å². The second kappa shape index (κ2) is 6.88. The van der Waals surface area contributed by atoms with Gasteiger partial charge in [0, 0.05) is 30.9 Å². The third-order valence-corrected chi connectivity index (χ3v) is 3.88. The average molecular weight is 349 g/mol. The molecule has 2 rings (SSSR count). The maximum absolute atomic E-state index is 12.1. The van der Waals surface area contributed by atoms with Gasteiger partial charge in [-0.3, -0.25) is 14.3 Å². The molecule has 1 amide bonds. The number of pyridine rings is 1. The van der Waals surface area contributed by atoms with Crippen LogP contribution in [0.1, 0.15) is 13.3 Å². The number of aromatic nitrogens is 1. The van der Waals surface area contributed by atoms with Crippen LogP contribution >= 0.6 is 0 Å². The summed E-state index contributed by atoms with van der Waals surface area (Å²) in [5.41, 5.74) is 1.68. The fourth-order valence-corrected chi connectivity index (χ4v) is 2.73. The van der Waals surface area contributed by atoms with Gasteiger partial charge in [0.25, 0.3) is 5.56 Å².